The Hall–Kier alpha value is -1.18. The minimum absolute atomic E-state index is 0.186. The van der Waals surface area contributed by atoms with Crippen LogP contribution in [0.4, 0.5) is 4.39 Å². The summed E-state index contributed by atoms with van der Waals surface area (Å²) in [5, 5.41) is 0. The van der Waals surface area contributed by atoms with E-state index in [2.05, 4.69) is 0 Å². The summed E-state index contributed by atoms with van der Waals surface area (Å²) in [5.74, 6) is 0.557. The second-order valence-corrected chi connectivity index (χ2v) is 3.61. The second-order valence-electron chi connectivity index (χ2n) is 3.61. The van der Waals surface area contributed by atoms with Crippen LogP contribution in [0.25, 0.3) is 0 Å². The van der Waals surface area contributed by atoms with Gasteiger partial charge >= 0.3 is 0 Å². The van der Waals surface area contributed by atoms with Gasteiger partial charge in [-0.1, -0.05) is 12.1 Å². The van der Waals surface area contributed by atoms with Gasteiger partial charge in [0.2, 0.25) is 0 Å². The Labute approximate surface area is 76.6 Å². The molecule has 13 heavy (non-hydrogen) atoms. The lowest BCUT2D eigenvalue weighted by Gasteiger charge is -1.97. The van der Waals surface area contributed by atoms with Gasteiger partial charge in [0, 0.05) is 5.92 Å². The first kappa shape index (κ1) is 8.42. The Kier molecular flexibility index (Phi) is 1.91. The van der Waals surface area contributed by atoms with Gasteiger partial charge in [0.05, 0.1) is 0 Å². The molecule has 0 aromatic heterocycles. The van der Waals surface area contributed by atoms with Crippen LogP contribution in [0.2, 0.25) is 0 Å². The molecule has 0 heterocycles. The summed E-state index contributed by atoms with van der Waals surface area (Å²) in [6.07, 6.45) is 0.932. The maximum atomic E-state index is 12.6. The number of benzene rings is 1. The lowest BCUT2D eigenvalue weighted by Crippen LogP contribution is -1.94. The standard InChI is InChI=1S/C11H11FO/c1-7(13)10-6-11(10)8-2-4-9(12)5-3-8/h2-5,10-11H,6H2,1H3/t10-,11?/m1/s1. The molecule has 1 aliphatic rings. The number of ketones is 1. The zero-order valence-electron chi connectivity index (χ0n) is 7.46. The fourth-order valence-electron chi connectivity index (χ4n) is 1.72. The van der Waals surface area contributed by atoms with E-state index in [0.717, 1.165) is 12.0 Å². The molecule has 1 aromatic carbocycles. The molecule has 0 amide bonds. The number of rotatable bonds is 2. The highest BCUT2D eigenvalue weighted by molar-refractivity contribution is 5.82. The summed E-state index contributed by atoms with van der Waals surface area (Å²) in [6, 6.07) is 6.43. The first-order valence-corrected chi connectivity index (χ1v) is 4.44. The predicted octanol–water partition coefficient (Wildman–Crippen LogP) is 2.52. The number of Topliss-reactive ketones (excluding diaryl/α,β-unsaturated/α-hetero) is 1. The van der Waals surface area contributed by atoms with Gasteiger partial charge < -0.3 is 0 Å². The van der Waals surface area contributed by atoms with Gasteiger partial charge in [0.25, 0.3) is 0 Å². The topological polar surface area (TPSA) is 17.1 Å². The molecule has 0 bridgehead atoms. The Balaban J connectivity index is 2.12. The molecule has 1 saturated carbocycles. The molecule has 1 aromatic rings. The molecular formula is C11H11FO. The zero-order chi connectivity index (χ0) is 9.42. The summed E-state index contributed by atoms with van der Waals surface area (Å²) in [5.41, 5.74) is 1.08. The van der Waals surface area contributed by atoms with E-state index in [4.69, 9.17) is 0 Å². The smallest absolute Gasteiger partial charge is 0.133 e. The average molecular weight is 178 g/mol. The van der Waals surface area contributed by atoms with Crippen molar-refractivity contribution in [1.29, 1.82) is 0 Å². The monoisotopic (exact) mass is 178 g/mol. The van der Waals surface area contributed by atoms with Crippen molar-refractivity contribution in [2.75, 3.05) is 0 Å². The summed E-state index contributed by atoms with van der Waals surface area (Å²) in [6.45, 7) is 1.62. The molecule has 0 N–H and O–H groups in total. The normalized spacial score (nSPS) is 25.7. The van der Waals surface area contributed by atoms with Crippen molar-refractivity contribution in [2.24, 2.45) is 5.92 Å². The van der Waals surface area contributed by atoms with Crippen LogP contribution in [0, 0.1) is 11.7 Å². The number of halogens is 1. The van der Waals surface area contributed by atoms with E-state index < -0.39 is 0 Å². The highest BCUT2D eigenvalue weighted by atomic mass is 19.1. The van der Waals surface area contributed by atoms with Crippen LogP contribution in [-0.4, -0.2) is 5.78 Å². The summed E-state index contributed by atoms with van der Waals surface area (Å²) >= 11 is 0. The minimum atomic E-state index is -0.219. The highest BCUT2D eigenvalue weighted by Crippen LogP contribution is 2.47. The van der Waals surface area contributed by atoms with Gasteiger partial charge in [-0.05, 0) is 37.0 Å². The van der Waals surface area contributed by atoms with Crippen molar-refractivity contribution in [2.45, 2.75) is 19.3 Å². The first-order chi connectivity index (χ1) is 6.18. The molecule has 2 atom stereocenters. The van der Waals surface area contributed by atoms with Gasteiger partial charge in [0.1, 0.15) is 11.6 Å². The van der Waals surface area contributed by atoms with E-state index in [1.165, 1.54) is 12.1 Å². The SMILES string of the molecule is CC(=O)[C@H]1CC1c1ccc(F)cc1. The predicted molar refractivity (Wildman–Crippen MR) is 47.9 cm³/mol. The lowest BCUT2D eigenvalue weighted by molar-refractivity contribution is -0.118. The van der Waals surface area contributed by atoms with Crippen LogP contribution in [0.1, 0.15) is 24.8 Å². The Bertz CT molecular complexity index is 328. The summed E-state index contributed by atoms with van der Waals surface area (Å²) < 4.78 is 12.6. The van der Waals surface area contributed by atoms with Crippen molar-refractivity contribution in [3.05, 3.63) is 35.6 Å². The van der Waals surface area contributed by atoms with E-state index in [-0.39, 0.29) is 17.5 Å². The Morgan fingerprint density at radius 3 is 2.46 bits per heavy atom. The van der Waals surface area contributed by atoms with Crippen molar-refractivity contribution in [3.63, 3.8) is 0 Å². The molecule has 2 rings (SSSR count). The van der Waals surface area contributed by atoms with Crippen LogP contribution in [-0.2, 0) is 4.79 Å². The molecular weight excluding hydrogens is 167 g/mol. The van der Waals surface area contributed by atoms with Crippen LogP contribution in [0.3, 0.4) is 0 Å². The fourth-order valence-corrected chi connectivity index (χ4v) is 1.72. The minimum Gasteiger partial charge on any atom is -0.300 e. The molecule has 2 heteroatoms. The van der Waals surface area contributed by atoms with Gasteiger partial charge in [-0.15, -0.1) is 0 Å². The highest BCUT2D eigenvalue weighted by Gasteiger charge is 2.41. The Morgan fingerprint density at radius 1 is 1.38 bits per heavy atom. The lowest BCUT2D eigenvalue weighted by atomic mass is 10.1. The third-order valence-electron chi connectivity index (χ3n) is 2.61. The van der Waals surface area contributed by atoms with Crippen LogP contribution < -0.4 is 0 Å². The van der Waals surface area contributed by atoms with Gasteiger partial charge in [0.15, 0.2) is 0 Å². The van der Waals surface area contributed by atoms with E-state index in [9.17, 15) is 9.18 Å². The van der Waals surface area contributed by atoms with E-state index in [1.807, 2.05) is 0 Å². The molecule has 1 aliphatic carbocycles. The van der Waals surface area contributed by atoms with Crippen LogP contribution in [0.5, 0.6) is 0 Å². The van der Waals surface area contributed by atoms with Crippen molar-refractivity contribution >= 4 is 5.78 Å². The quantitative estimate of drug-likeness (QED) is 0.680. The van der Waals surface area contributed by atoms with Crippen molar-refractivity contribution in [1.82, 2.24) is 0 Å². The third-order valence-corrected chi connectivity index (χ3v) is 2.61. The largest absolute Gasteiger partial charge is 0.300 e. The number of hydrogen-bond acceptors (Lipinski definition) is 1. The Morgan fingerprint density at radius 2 is 2.00 bits per heavy atom. The molecule has 1 fully saturated rings. The number of hydrogen-bond donors (Lipinski definition) is 0. The van der Waals surface area contributed by atoms with Crippen molar-refractivity contribution in [3.8, 4) is 0 Å². The molecule has 1 nitrogen and oxygen atoms in total. The maximum absolute atomic E-state index is 12.6. The second kappa shape index (κ2) is 2.95. The zero-order valence-corrected chi connectivity index (χ0v) is 7.46. The van der Waals surface area contributed by atoms with Gasteiger partial charge in [-0.25, -0.2) is 4.39 Å². The maximum Gasteiger partial charge on any atom is 0.133 e. The molecule has 0 saturated heterocycles. The number of carbonyl (C=O) groups is 1. The third kappa shape index (κ3) is 1.62. The molecule has 1 unspecified atom stereocenters. The molecule has 0 aliphatic heterocycles. The molecule has 68 valence electrons. The van der Waals surface area contributed by atoms with E-state index in [0.29, 0.717) is 5.92 Å². The molecule has 0 radical (unpaired) electrons. The number of carbonyl (C=O) groups excluding carboxylic acids is 1. The summed E-state index contributed by atoms with van der Waals surface area (Å²) in [4.78, 5) is 11.0. The molecule has 0 spiro atoms. The van der Waals surface area contributed by atoms with Crippen LogP contribution in [0.15, 0.2) is 24.3 Å². The van der Waals surface area contributed by atoms with E-state index >= 15 is 0 Å². The average Bonchev–Trinajstić information content (AvgIpc) is 2.85. The van der Waals surface area contributed by atoms with Gasteiger partial charge in [-0.2, -0.15) is 0 Å². The van der Waals surface area contributed by atoms with Crippen molar-refractivity contribution < 1.29 is 9.18 Å². The van der Waals surface area contributed by atoms with Crippen LogP contribution >= 0.6 is 0 Å². The fraction of sp³-hybridized carbons (Fsp3) is 0.364. The van der Waals surface area contributed by atoms with E-state index in [1.54, 1.807) is 19.1 Å². The first-order valence-electron chi connectivity index (χ1n) is 4.44. The van der Waals surface area contributed by atoms with Gasteiger partial charge in [-0.3, -0.25) is 4.79 Å². The summed E-state index contributed by atoms with van der Waals surface area (Å²) in [7, 11) is 0.